The minimum absolute atomic E-state index is 0.214. The Bertz CT molecular complexity index is 666. The first-order chi connectivity index (χ1) is 12.2. The van der Waals surface area contributed by atoms with Gasteiger partial charge in [0, 0.05) is 5.69 Å². The van der Waals surface area contributed by atoms with Crippen LogP contribution < -0.4 is 15.4 Å². The fourth-order valence-corrected chi connectivity index (χ4v) is 3.51. The number of hydrogen-bond donors (Lipinski definition) is 2. The van der Waals surface area contributed by atoms with Crippen molar-refractivity contribution in [1.29, 1.82) is 0 Å². The SMILES string of the molecule is CC[C@@H](NC(=S)Nc1ccc(OC2CCCC2)cc1)c1ccccc1. The first-order valence-electron chi connectivity index (χ1n) is 9.14. The molecule has 25 heavy (non-hydrogen) atoms. The van der Waals surface area contributed by atoms with Gasteiger partial charge in [-0.2, -0.15) is 0 Å². The largest absolute Gasteiger partial charge is 0.490 e. The van der Waals surface area contributed by atoms with Crippen LogP contribution in [0.1, 0.15) is 50.6 Å². The lowest BCUT2D eigenvalue weighted by Gasteiger charge is -2.20. The molecule has 0 bridgehead atoms. The molecule has 1 atom stereocenters. The number of ether oxygens (including phenoxy) is 1. The Labute approximate surface area is 155 Å². The monoisotopic (exact) mass is 354 g/mol. The molecule has 0 spiro atoms. The number of nitrogens with one attached hydrogen (secondary N) is 2. The Morgan fingerprint density at radius 2 is 1.76 bits per heavy atom. The van der Waals surface area contributed by atoms with Crippen LogP contribution in [0.25, 0.3) is 0 Å². The van der Waals surface area contributed by atoms with Gasteiger partial charge in [-0.05, 0) is 74.2 Å². The normalized spacial score (nSPS) is 15.6. The van der Waals surface area contributed by atoms with Crippen molar-refractivity contribution in [2.75, 3.05) is 5.32 Å². The highest BCUT2D eigenvalue weighted by atomic mass is 32.1. The molecule has 1 fully saturated rings. The second kappa shape index (κ2) is 8.86. The second-order valence-corrected chi connectivity index (χ2v) is 6.93. The summed E-state index contributed by atoms with van der Waals surface area (Å²) in [5, 5.41) is 7.30. The molecule has 3 nitrogen and oxygen atoms in total. The van der Waals surface area contributed by atoms with Gasteiger partial charge in [0.05, 0.1) is 12.1 Å². The lowest BCUT2D eigenvalue weighted by atomic mass is 10.1. The summed E-state index contributed by atoms with van der Waals surface area (Å²) in [7, 11) is 0. The summed E-state index contributed by atoms with van der Waals surface area (Å²) in [6.45, 7) is 2.16. The lowest BCUT2D eigenvalue weighted by Crippen LogP contribution is -2.32. The van der Waals surface area contributed by atoms with Gasteiger partial charge < -0.3 is 15.4 Å². The van der Waals surface area contributed by atoms with Gasteiger partial charge in [-0.1, -0.05) is 37.3 Å². The molecule has 0 amide bonds. The van der Waals surface area contributed by atoms with Crippen LogP contribution in [0.3, 0.4) is 0 Å². The quantitative estimate of drug-likeness (QED) is 0.676. The second-order valence-electron chi connectivity index (χ2n) is 6.52. The molecule has 1 aliphatic rings. The van der Waals surface area contributed by atoms with E-state index < -0.39 is 0 Å². The van der Waals surface area contributed by atoms with E-state index in [-0.39, 0.29) is 6.04 Å². The number of rotatable bonds is 6. The Hall–Kier alpha value is -2.07. The van der Waals surface area contributed by atoms with Crippen LogP contribution in [0.4, 0.5) is 5.69 Å². The minimum Gasteiger partial charge on any atom is -0.490 e. The van der Waals surface area contributed by atoms with Crippen molar-refractivity contribution < 1.29 is 4.74 Å². The predicted molar refractivity (Wildman–Crippen MR) is 108 cm³/mol. The maximum Gasteiger partial charge on any atom is 0.171 e. The summed E-state index contributed by atoms with van der Waals surface area (Å²) in [6.07, 6.45) is 6.27. The van der Waals surface area contributed by atoms with Gasteiger partial charge in [-0.3, -0.25) is 0 Å². The van der Waals surface area contributed by atoms with Gasteiger partial charge in [0.15, 0.2) is 5.11 Å². The fourth-order valence-electron chi connectivity index (χ4n) is 3.25. The summed E-state index contributed by atoms with van der Waals surface area (Å²) in [5.41, 5.74) is 2.22. The van der Waals surface area contributed by atoms with Crippen molar-refractivity contribution in [3.8, 4) is 5.75 Å². The number of anilines is 1. The topological polar surface area (TPSA) is 33.3 Å². The molecule has 2 aromatic rings. The van der Waals surface area contributed by atoms with Gasteiger partial charge in [-0.15, -0.1) is 0 Å². The van der Waals surface area contributed by atoms with Gasteiger partial charge in [-0.25, -0.2) is 0 Å². The summed E-state index contributed by atoms with van der Waals surface area (Å²) in [5.74, 6) is 0.937. The lowest BCUT2D eigenvalue weighted by molar-refractivity contribution is 0.210. The van der Waals surface area contributed by atoms with E-state index in [1.807, 2.05) is 30.3 Å². The first kappa shape index (κ1) is 17.7. The standard InChI is InChI=1S/C21H26N2OS/c1-2-20(16-8-4-3-5-9-16)23-21(25)22-17-12-14-19(15-13-17)24-18-10-6-7-11-18/h3-5,8-9,12-15,18,20H,2,6-7,10-11H2,1H3,(H2,22,23,25)/t20-/m1/s1. The summed E-state index contributed by atoms with van der Waals surface area (Å²) >= 11 is 5.47. The molecule has 1 saturated carbocycles. The van der Waals surface area contributed by atoms with E-state index >= 15 is 0 Å². The van der Waals surface area contributed by atoms with Gasteiger partial charge in [0.25, 0.3) is 0 Å². The Balaban J connectivity index is 1.53. The van der Waals surface area contributed by atoms with Crippen molar-refractivity contribution in [2.45, 2.75) is 51.2 Å². The zero-order valence-corrected chi connectivity index (χ0v) is 15.5. The van der Waals surface area contributed by atoms with Crippen molar-refractivity contribution in [2.24, 2.45) is 0 Å². The average Bonchev–Trinajstić information content (AvgIpc) is 3.15. The molecule has 1 aliphatic carbocycles. The molecule has 0 aliphatic heterocycles. The van der Waals surface area contributed by atoms with E-state index in [1.54, 1.807) is 0 Å². The molecule has 0 unspecified atom stereocenters. The Kier molecular flexibility index (Phi) is 6.29. The molecular weight excluding hydrogens is 328 g/mol. The third-order valence-electron chi connectivity index (χ3n) is 4.63. The summed E-state index contributed by atoms with van der Waals surface area (Å²) < 4.78 is 6.00. The van der Waals surface area contributed by atoms with Crippen molar-refractivity contribution >= 4 is 23.0 Å². The smallest absolute Gasteiger partial charge is 0.171 e. The molecule has 0 radical (unpaired) electrons. The highest BCUT2D eigenvalue weighted by Crippen LogP contribution is 2.25. The summed E-state index contributed by atoms with van der Waals surface area (Å²) in [6, 6.07) is 18.7. The van der Waals surface area contributed by atoms with Crippen LogP contribution in [0, 0.1) is 0 Å². The molecule has 0 heterocycles. The highest BCUT2D eigenvalue weighted by molar-refractivity contribution is 7.80. The van der Waals surface area contributed by atoms with E-state index in [4.69, 9.17) is 17.0 Å². The molecule has 3 rings (SSSR count). The van der Waals surface area contributed by atoms with Crippen LogP contribution in [0.5, 0.6) is 5.75 Å². The molecule has 2 aromatic carbocycles. The average molecular weight is 355 g/mol. The van der Waals surface area contributed by atoms with Gasteiger partial charge in [0.2, 0.25) is 0 Å². The molecule has 2 N–H and O–H groups in total. The fraction of sp³-hybridized carbons (Fsp3) is 0.381. The Morgan fingerprint density at radius 3 is 2.40 bits per heavy atom. The van der Waals surface area contributed by atoms with E-state index in [9.17, 15) is 0 Å². The summed E-state index contributed by atoms with van der Waals surface area (Å²) in [4.78, 5) is 0. The van der Waals surface area contributed by atoms with E-state index in [0.29, 0.717) is 11.2 Å². The third kappa shape index (κ3) is 5.20. The van der Waals surface area contributed by atoms with Crippen LogP contribution >= 0.6 is 12.2 Å². The number of benzene rings is 2. The van der Waals surface area contributed by atoms with Crippen LogP contribution in [-0.4, -0.2) is 11.2 Å². The molecular formula is C21H26N2OS. The zero-order valence-electron chi connectivity index (χ0n) is 14.7. The van der Waals surface area contributed by atoms with E-state index in [1.165, 1.54) is 31.2 Å². The van der Waals surface area contributed by atoms with Crippen LogP contribution in [0.2, 0.25) is 0 Å². The van der Waals surface area contributed by atoms with E-state index in [2.05, 4.69) is 41.8 Å². The van der Waals surface area contributed by atoms with Crippen molar-refractivity contribution in [3.05, 3.63) is 60.2 Å². The number of thiocarbonyl (C=S) groups is 1. The Morgan fingerprint density at radius 1 is 1.08 bits per heavy atom. The van der Waals surface area contributed by atoms with Crippen molar-refractivity contribution in [3.63, 3.8) is 0 Å². The first-order valence-corrected chi connectivity index (χ1v) is 9.54. The molecule has 132 valence electrons. The van der Waals surface area contributed by atoms with Crippen LogP contribution in [-0.2, 0) is 0 Å². The predicted octanol–water partition coefficient (Wildman–Crippen LogP) is 5.45. The van der Waals surface area contributed by atoms with E-state index in [0.717, 1.165) is 17.9 Å². The minimum atomic E-state index is 0.214. The van der Waals surface area contributed by atoms with Crippen molar-refractivity contribution in [1.82, 2.24) is 5.32 Å². The molecule has 4 heteroatoms. The molecule has 0 saturated heterocycles. The maximum atomic E-state index is 6.00. The number of hydrogen-bond acceptors (Lipinski definition) is 2. The van der Waals surface area contributed by atoms with Gasteiger partial charge >= 0.3 is 0 Å². The third-order valence-corrected chi connectivity index (χ3v) is 4.85. The van der Waals surface area contributed by atoms with Gasteiger partial charge in [0.1, 0.15) is 5.75 Å². The maximum absolute atomic E-state index is 6.00. The molecule has 0 aromatic heterocycles. The highest BCUT2D eigenvalue weighted by Gasteiger charge is 2.16. The van der Waals surface area contributed by atoms with Crippen LogP contribution in [0.15, 0.2) is 54.6 Å². The zero-order chi connectivity index (χ0) is 17.5.